The molecule has 0 saturated heterocycles. The molecule has 0 aromatic heterocycles. The van der Waals surface area contributed by atoms with Crippen LogP contribution in [0.25, 0.3) is 0 Å². The fraction of sp³-hybridized carbons (Fsp3) is 0.600. The van der Waals surface area contributed by atoms with E-state index < -0.39 is 0 Å². The summed E-state index contributed by atoms with van der Waals surface area (Å²) in [5.74, 6) is 0. The second kappa shape index (κ2) is 5.92. The molecule has 0 bridgehead atoms. The second-order valence-electron chi connectivity index (χ2n) is 5.02. The van der Waals surface area contributed by atoms with E-state index in [9.17, 15) is 0 Å². The van der Waals surface area contributed by atoms with Crippen molar-refractivity contribution in [3.8, 4) is 0 Å². The zero-order valence-electron chi connectivity index (χ0n) is 10.9. The molecule has 2 heteroatoms. The number of thioether (sulfide) groups is 1. The van der Waals surface area contributed by atoms with Gasteiger partial charge in [-0.2, -0.15) is 11.8 Å². The predicted molar refractivity (Wildman–Crippen MR) is 77.6 cm³/mol. The summed E-state index contributed by atoms with van der Waals surface area (Å²) in [4.78, 5) is 0. The van der Waals surface area contributed by atoms with Gasteiger partial charge < -0.3 is 5.32 Å². The molecule has 1 saturated carbocycles. The molecule has 1 fully saturated rings. The van der Waals surface area contributed by atoms with Crippen LogP contribution in [-0.4, -0.2) is 17.5 Å². The standard InChI is InChI=1S/C15H23NS/c1-3-7-14(13-8-5-4-6-9-13)16-12-15(17-2)10-11-15/h4-6,8-9,14,16H,3,7,10-12H2,1-2H3. The fourth-order valence-corrected chi connectivity index (χ4v) is 3.00. The Kier molecular flexibility index (Phi) is 4.52. The Labute approximate surface area is 109 Å². The molecular weight excluding hydrogens is 226 g/mol. The van der Waals surface area contributed by atoms with Crippen LogP contribution in [0.15, 0.2) is 30.3 Å². The number of hydrogen-bond acceptors (Lipinski definition) is 2. The molecule has 1 atom stereocenters. The van der Waals surface area contributed by atoms with Gasteiger partial charge in [0.15, 0.2) is 0 Å². The Morgan fingerprint density at radius 2 is 2.00 bits per heavy atom. The van der Waals surface area contributed by atoms with Crippen LogP contribution in [0.5, 0.6) is 0 Å². The van der Waals surface area contributed by atoms with E-state index in [4.69, 9.17) is 0 Å². The van der Waals surface area contributed by atoms with Crippen molar-refractivity contribution >= 4 is 11.8 Å². The van der Waals surface area contributed by atoms with Crippen LogP contribution < -0.4 is 5.32 Å². The van der Waals surface area contributed by atoms with Crippen LogP contribution in [0.1, 0.15) is 44.2 Å². The van der Waals surface area contributed by atoms with E-state index in [1.807, 2.05) is 11.8 Å². The van der Waals surface area contributed by atoms with Gasteiger partial charge in [-0.05, 0) is 31.1 Å². The first-order valence-electron chi connectivity index (χ1n) is 6.63. The second-order valence-corrected chi connectivity index (χ2v) is 6.29. The van der Waals surface area contributed by atoms with E-state index in [2.05, 4.69) is 48.8 Å². The van der Waals surface area contributed by atoms with Crippen molar-refractivity contribution in [3.05, 3.63) is 35.9 Å². The minimum absolute atomic E-state index is 0.533. The quantitative estimate of drug-likeness (QED) is 0.783. The first-order valence-corrected chi connectivity index (χ1v) is 7.85. The number of benzene rings is 1. The van der Waals surface area contributed by atoms with Crippen molar-refractivity contribution in [2.75, 3.05) is 12.8 Å². The highest BCUT2D eigenvalue weighted by molar-refractivity contribution is 8.00. The van der Waals surface area contributed by atoms with E-state index in [0.29, 0.717) is 10.8 Å². The Morgan fingerprint density at radius 1 is 1.29 bits per heavy atom. The Morgan fingerprint density at radius 3 is 2.53 bits per heavy atom. The zero-order chi connectivity index (χ0) is 12.1. The van der Waals surface area contributed by atoms with Crippen molar-refractivity contribution in [1.82, 2.24) is 5.32 Å². The maximum Gasteiger partial charge on any atom is 0.0320 e. The van der Waals surface area contributed by atoms with Gasteiger partial charge in [0.1, 0.15) is 0 Å². The molecule has 17 heavy (non-hydrogen) atoms. The van der Waals surface area contributed by atoms with Crippen molar-refractivity contribution in [2.24, 2.45) is 0 Å². The van der Waals surface area contributed by atoms with Crippen LogP contribution in [0.3, 0.4) is 0 Å². The smallest absolute Gasteiger partial charge is 0.0320 e. The molecule has 1 aliphatic carbocycles. The summed E-state index contributed by atoms with van der Waals surface area (Å²) in [6.07, 6.45) is 7.48. The SMILES string of the molecule is CCCC(NCC1(SC)CC1)c1ccccc1. The topological polar surface area (TPSA) is 12.0 Å². The first kappa shape index (κ1) is 13.0. The lowest BCUT2D eigenvalue weighted by Gasteiger charge is -2.22. The average molecular weight is 249 g/mol. The van der Waals surface area contributed by atoms with Crippen LogP contribution in [-0.2, 0) is 0 Å². The minimum atomic E-state index is 0.533. The molecule has 1 aliphatic rings. The van der Waals surface area contributed by atoms with Crippen LogP contribution >= 0.6 is 11.8 Å². The van der Waals surface area contributed by atoms with Crippen molar-refractivity contribution in [2.45, 2.75) is 43.4 Å². The lowest BCUT2D eigenvalue weighted by atomic mass is 10.0. The third-order valence-corrected chi connectivity index (χ3v) is 5.11. The van der Waals surface area contributed by atoms with Crippen LogP contribution in [0.4, 0.5) is 0 Å². The largest absolute Gasteiger partial charge is 0.309 e. The van der Waals surface area contributed by atoms with Crippen LogP contribution in [0.2, 0.25) is 0 Å². The van der Waals surface area contributed by atoms with Gasteiger partial charge in [-0.15, -0.1) is 0 Å². The summed E-state index contributed by atoms with van der Waals surface area (Å²) in [6, 6.07) is 11.4. The maximum absolute atomic E-state index is 3.77. The molecule has 1 aromatic rings. The number of hydrogen-bond donors (Lipinski definition) is 1. The van der Waals surface area contributed by atoms with Gasteiger partial charge in [-0.3, -0.25) is 0 Å². The van der Waals surface area contributed by atoms with Gasteiger partial charge in [-0.25, -0.2) is 0 Å². The summed E-state index contributed by atoms with van der Waals surface area (Å²) in [7, 11) is 0. The molecule has 2 rings (SSSR count). The summed E-state index contributed by atoms with van der Waals surface area (Å²) >= 11 is 2.03. The highest BCUT2D eigenvalue weighted by Gasteiger charge is 2.41. The minimum Gasteiger partial charge on any atom is -0.309 e. The zero-order valence-corrected chi connectivity index (χ0v) is 11.7. The highest BCUT2D eigenvalue weighted by Crippen LogP contribution is 2.46. The molecule has 0 amide bonds. The lowest BCUT2D eigenvalue weighted by molar-refractivity contribution is 0.490. The van der Waals surface area contributed by atoms with E-state index in [0.717, 1.165) is 6.54 Å². The summed E-state index contributed by atoms with van der Waals surface area (Å²) < 4.78 is 0.556. The fourth-order valence-electron chi connectivity index (χ4n) is 2.26. The van der Waals surface area contributed by atoms with Gasteiger partial charge in [0.2, 0.25) is 0 Å². The molecule has 0 radical (unpaired) electrons. The van der Waals surface area contributed by atoms with Gasteiger partial charge in [-0.1, -0.05) is 43.7 Å². The van der Waals surface area contributed by atoms with Crippen molar-refractivity contribution < 1.29 is 0 Å². The number of rotatable bonds is 7. The third-order valence-electron chi connectivity index (χ3n) is 3.69. The molecule has 1 N–H and O–H groups in total. The molecule has 0 aliphatic heterocycles. The van der Waals surface area contributed by atoms with E-state index in [-0.39, 0.29) is 0 Å². The Hall–Kier alpha value is -0.470. The third kappa shape index (κ3) is 3.49. The first-order chi connectivity index (χ1) is 8.29. The number of nitrogens with one attached hydrogen (secondary N) is 1. The molecule has 94 valence electrons. The normalized spacial score (nSPS) is 18.9. The summed E-state index contributed by atoms with van der Waals surface area (Å²) in [5.41, 5.74) is 1.44. The van der Waals surface area contributed by atoms with Crippen molar-refractivity contribution in [1.29, 1.82) is 0 Å². The summed E-state index contributed by atoms with van der Waals surface area (Å²) in [6.45, 7) is 3.42. The highest BCUT2D eigenvalue weighted by atomic mass is 32.2. The Balaban J connectivity index is 1.93. The maximum atomic E-state index is 3.77. The Bertz CT molecular complexity index is 332. The average Bonchev–Trinajstić information content (AvgIpc) is 3.16. The van der Waals surface area contributed by atoms with Crippen molar-refractivity contribution in [3.63, 3.8) is 0 Å². The molecule has 1 unspecified atom stereocenters. The molecule has 0 heterocycles. The van der Waals surface area contributed by atoms with Crippen LogP contribution in [0, 0.1) is 0 Å². The van der Waals surface area contributed by atoms with Gasteiger partial charge in [0.25, 0.3) is 0 Å². The van der Waals surface area contributed by atoms with E-state index in [1.54, 1.807) is 0 Å². The summed E-state index contributed by atoms with van der Waals surface area (Å²) in [5, 5.41) is 3.77. The lowest BCUT2D eigenvalue weighted by Crippen LogP contribution is -2.29. The molecule has 0 spiro atoms. The molecular formula is C15H23NS. The predicted octanol–water partition coefficient (Wildman–Crippen LogP) is 4.01. The monoisotopic (exact) mass is 249 g/mol. The van der Waals surface area contributed by atoms with Gasteiger partial charge in [0, 0.05) is 17.3 Å². The molecule has 1 nitrogen and oxygen atoms in total. The van der Waals surface area contributed by atoms with E-state index in [1.165, 1.54) is 31.2 Å². The van der Waals surface area contributed by atoms with Gasteiger partial charge >= 0.3 is 0 Å². The van der Waals surface area contributed by atoms with E-state index >= 15 is 0 Å². The molecule has 1 aromatic carbocycles. The van der Waals surface area contributed by atoms with Gasteiger partial charge in [0.05, 0.1) is 0 Å².